The minimum Gasteiger partial charge on any atom is -0.469 e. The largest absolute Gasteiger partial charge is 0.469 e. The molecule has 0 radical (unpaired) electrons. The van der Waals surface area contributed by atoms with E-state index in [0.29, 0.717) is 13.2 Å². The molecular weight excluding hydrogens is 300 g/mol. The minimum absolute atomic E-state index is 0.0412. The van der Waals surface area contributed by atoms with Crippen LogP contribution >= 0.6 is 0 Å². The highest BCUT2D eigenvalue weighted by molar-refractivity contribution is 6.74. The Hall–Kier alpha value is -0.433. The summed E-state index contributed by atoms with van der Waals surface area (Å²) in [5.41, 5.74) is 0. The van der Waals surface area contributed by atoms with Gasteiger partial charge in [-0.2, -0.15) is 0 Å². The highest BCUT2D eigenvalue weighted by Gasteiger charge is 2.41. The van der Waals surface area contributed by atoms with Crippen LogP contribution in [0.2, 0.25) is 18.1 Å². The molecule has 1 aliphatic rings. The standard InChI is InChI=1S/C16H32O5Si/c1-16(2,3)22(5,6)21-13-8-7-10-20-14(13)12-19-11-9-15(17)18-4/h13-14H,7-12H2,1-6H3/t13-,14-/m1/s1. The molecule has 0 saturated carbocycles. The molecule has 6 heteroatoms. The van der Waals surface area contributed by atoms with Crippen LogP contribution in [-0.4, -0.2) is 53.4 Å². The second-order valence-electron chi connectivity index (χ2n) is 7.37. The Balaban J connectivity index is 2.48. The molecule has 1 aliphatic heterocycles. The molecule has 1 heterocycles. The Morgan fingerprint density at radius 2 is 2.00 bits per heavy atom. The van der Waals surface area contributed by atoms with Crippen molar-refractivity contribution < 1.29 is 23.4 Å². The first-order chi connectivity index (χ1) is 10.2. The summed E-state index contributed by atoms with van der Waals surface area (Å²) in [6.45, 7) is 12.8. The van der Waals surface area contributed by atoms with Gasteiger partial charge in [0.05, 0.1) is 32.8 Å². The molecule has 0 amide bonds. The van der Waals surface area contributed by atoms with E-state index >= 15 is 0 Å². The highest BCUT2D eigenvalue weighted by atomic mass is 28.4. The zero-order chi connectivity index (χ0) is 16.8. The van der Waals surface area contributed by atoms with Gasteiger partial charge in [0.2, 0.25) is 0 Å². The summed E-state index contributed by atoms with van der Waals surface area (Å²) < 4.78 is 22.5. The number of hydrogen-bond donors (Lipinski definition) is 0. The average Bonchev–Trinajstić information content (AvgIpc) is 2.43. The Kier molecular flexibility index (Phi) is 7.51. The fourth-order valence-electron chi connectivity index (χ4n) is 2.11. The van der Waals surface area contributed by atoms with E-state index in [1.807, 2.05) is 0 Å². The number of esters is 1. The first-order valence-corrected chi connectivity index (χ1v) is 11.0. The zero-order valence-corrected chi connectivity index (χ0v) is 15.9. The van der Waals surface area contributed by atoms with E-state index in [4.69, 9.17) is 13.9 Å². The van der Waals surface area contributed by atoms with Crippen LogP contribution in [0.3, 0.4) is 0 Å². The maximum Gasteiger partial charge on any atom is 0.307 e. The molecule has 0 aliphatic carbocycles. The van der Waals surface area contributed by atoms with Gasteiger partial charge in [-0.3, -0.25) is 4.79 Å². The summed E-state index contributed by atoms with van der Waals surface area (Å²) in [4.78, 5) is 11.1. The molecule has 0 N–H and O–H groups in total. The van der Waals surface area contributed by atoms with Crippen molar-refractivity contribution in [3.05, 3.63) is 0 Å². The van der Waals surface area contributed by atoms with Crippen molar-refractivity contribution >= 4 is 14.3 Å². The van der Waals surface area contributed by atoms with Gasteiger partial charge in [0, 0.05) is 6.61 Å². The van der Waals surface area contributed by atoms with Crippen molar-refractivity contribution in [2.24, 2.45) is 0 Å². The SMILES string of the molecule is COC(=O)CCOC[C@H]1OCCC[C@H]1O[Si](C)(C)C(C)(C)C. The Morgan fingerprint density at radius 3 is 2.59 bits per heavy atom. The molecule has 22 heavy (non-hydrogen) atoms. The molecule has 0 aromatic heterocycles. The van der Waals surface area contributed by atoms with Gasteiger partial charge >= 0.3 is 5.97 Å². The molecule has 5 nitrogen and oxygen atoms in total. The molecule has 0 aromatic carbocycles. The van der Waals surface area contributed by atoms with Gasteiger partial charge in [-0.25, -0.2) is 0 Å². The van der Waals surface area contributed by atoms with Crippen LogP contribution in [0, 0.1) is 0 Å². The normalized spacial score (nSPS) is 23.4. The number of carbonyl (C=O) groups excluding carboxylic acids is 1. The van der Waals surface area contributed by atoms with Crippen molar-refractivity contribution in [3.8, 4) is 0 Å². The van der Waals surface area contributed by atoms with E-state index in [1.54, 1.807) is 0 Å². The molecule has 1 fully saturated rings. The van der Waals surface area contributed by atoms with Crippen molar-refractivity contribution in [3.63, 3.8) is 0 Å². The quantitative estimate of drug-likeness (QED) is 0.407. The maximum absolute atomic E-state index is 11.1. The molecule has 0 unspecified atom stereocenters. The fourth-order valence-corrected chi connectivity index (χ4v) is 3.50. The van der Waals surface area contributed by atoms with Crippen LogP contribution < -0.4 is 0 Å². The third kappa shape index (κ3) is 5.99. The van der Waals surface area contributed by atoms with Gasteiger partial charge in [-0.05, 0) is 31.0 Å². The monoisotopic (exact) mass is 332 g/mol. The fraction of sp³-hybridized carbons (Fsp3) is 0.938. The lowest BCUT2D eigenvalue weighted by Gasteiger charge is -2.42. The van der Waals surface area contributed by atoms with Crippen molar-refractivity contribution in [1.29, 1.82) is 0 Å². The maximum atomic E-state index is 11.1. The lowest BCUT2D eigenvalue weighted by molar-refractivity contribution is -0.143. The van der Waals surface area contributed by atoms with Crippen LogP contribution in [0.1, 0.15) is 40.0 Å². The van der Waals surface area contributed by atoms with Gasteiger partial charge in [-0.1, -0.05) is 20.8 Å². The molecule has 1 rings (SSSR count). The van der Waals surface area contributed by atoms with Crippen LogP contribution in [0.15, 0.2) is 0 Å². The molecule has 0 spiro atoms. The van der Waals surface area contributed by atoms with Crippen LogP contribution in [0.5, 0.6) is 0 Å². The first kappa shape index (κ1) is 19.6. The smallest absolute Gasteiger partial charge is 0.307 e. The predicted molar refractivity (Wildman–Crippen MR) is 88.5 cm³/mol. The number of carbonyl (C=O) groups is 1. The summed E-state index contributed by atoms with van der Waals surface area (Å²) >= 11 is 0. The molecule has 0 aromatic rings. The van der Waals surface area contributed by atoms with Gasteiger partial charge in [-0.15, -0.1) is 0 Å². The predicted octanol–water partition coefficient (Wildman–Crippen LogP) is 3.14. The van der Waals surface area contributed by atoms with E-state index < -0.39 is 8.32 Å². The molecule has 130 valence electrons. The van der Waals surface area contributed by atoms with E-state index in [1.165, 1.54) is 7.11 Å². The van der Waals surface area contributed by atoms with E-state index in [0.717, 1.165) is 19.4 Å². The Morgan fingerprint density at radius 1 is 1.32 bits per heavy atom. The summed E-state index contributed by atoms with van der Waals surface area (Å²) in [5, 5.41) is 0.181. The van der Waals surface area contributed by atoms with E-state index in [2.05, 4.69) is 38.6 Å². The topological polar surface area (TPSA) is 54.0 Å². The number of rotatable bonds is 7. The van der Waals surface area contributed by atoms with E-state index in [9.17, 15) is 4.79 Å². The molecular formula is C16H32O5Si. The highest BCUT2D eigenvalue weighted by Crippen LogP contribution is 2.38. The van der Waals surface area contributed by atoms with Crippen LogP contribution in [0.25, 0.3) is 0 Å². The van der Waals surface area contributed by atoms with Crippen LogP contribution in [-0.2, 0) is 23.4 Å². The van der Waals surface area contributed by atoms with Gasteiger partial charge in [0.25, 0.3) is 0 Å². The Bertz CT molecular complexity index is 351. The van der Waals surface area contributed by atoms with Crippen molar-refractivity contribution in [2.75, 3.05) is 26.9 Å². The van der Waals surface area contributed by atoms with Gasteiger partial charge < -0.3 is 18.6 Å². The molecule has 2 atom stereocenters. The second-order valence-corrected chi connectivity index (χ2v) is 12.1. The number of ether oxygens (including phenoxy) is 3. The third-order valence-electron chi connectivity index (χ3n) is 4.59. The molecule has 0 bridgehead atoms. The van der Waals surface area contributed by atoms with E-state index in [-0.39, 0.29) is 29.6 Å². The lowest BCUT2D eigenvalue weighted by atomic mass is 10.1. The summed E-state index contributed by atoms with van der Waals surface area (Å²) in [5.74, 6) is -0.251. The van der Waals surface area contributed by atoms with Gasteiger partial charge in [0.1, 0.15) is 6.10 Å². The summed E-state index contributed by atoms with van der Waals surface area (Å²) in [7, 11) is -0.430. The third-order valence-corrected chi connectivity index (χ3v) is 9.10. The average molecular weight is 333 g/mol. The molecule has 1 saturated heterocycles. The van der Waals surface area contributed by atoms with Gasteiger partial charge in [0.15, 0.2) is 8.32 Å². The Labute approximate surface area is 135 Å². The lowest BCUT2D eigenvalue weighted by Crippen LogP contribution is -2.50. The summed E-state index contributed by atoms with van der Waals surface area (Å²) in [6, 6.07) is 0. The zero-order valence-electron chi connectivity index (χ0n) is 14.9. The minimum atomic E-state index is -1.81. The number of hydrogen-bond acceptors (Lipinski definition) is 5. The number of methoxy groups -OCH3 is 1. The van der Waals surface area contributed by atoms with Crippen molar-refractivity contribution in [1.82, 2.24) is 0 Å². The van der Waals surface area contributed by atoms with Crippen molar-refractivity contribution in [2.45, 2.75) is 70.4 Å². The summed E-state index contributed by atoms with van der Waals surface area (Å²) in [6.07, 6.45) is 2.36. The second kappa shape index (κ2) is 8.43. The first-order valence-electron chi connectivity index (χ1n) is 8.11. The van der Waals surface area contributed by atoms with Crippen LogP contribution in [0.4, 0.5) is 0 Å².